The lowest BCUT2D eigenvalue weighted by molar-refractivity contribution is 0.0493. The van der Waals surface area contributed by atoms with Crippen LogP contribution in [-0.4, -0.2) is 86.2 Å². The van der Waals surface area contributed by atoms with Gasteiger partial charge in [-0.25, -0.2) is 4.79 Å². The molecule has 0 rings (SSSR count). The number of hydrogen-bond donors (Lipinski definition) is 0. The van der Waals surface area contributed by atoms with E-state index in [1.807, 2.05) is 20.8 Å². The molecule has 0 aromatic rings. The van der Waals surface area contributed by atoms with Crippen molar-refractivity contribution < 1.29 is 32.3 Å². The zero-order valence-electron chi connectivity index (χ0n) is 17.1. The number of amides is 1. The van der Waals surface area contributed by atoms with Crippen molar-refractivity contribution in [3.8, 4) is 0 Å². The number of hydrogen-bond acceptors (Lipinski definition) is 7. The zero-order chi connectivity index (χ0) is 19.7. The third kappa shape index (κ3) is 11.1. The van der Waals surface area contributed by atoms with Gasteiger partial charge in [-0.1, -0.05) is 0 Å². The Morgan fingerprint density at radius 3 is 1.96 bits per heavy atom. The molecule has 0 saturated heterocycles. The van der Waals surface area contributed by atoms with Gasteiger partial charge in [0.2, 0.25) is 0 Å². The predicted octanol–water partition coefficient (Wildman–Crippen LogP) is 2.55. The fraction of sp³-hybridized carbons (Fsp3) is 0.941. The number of carbonyl (C=O) groups is 1. The minimum Gasteiger partial charge on any atom is -0.450 e. The average Bonchev–Trinajstić information content (AvgIpc) is 2.61. The lowest BCUT2D eigenvalue weighted by Gasteiger charge is -2.29. The molecule has 156 valence electrons. The Morgan fingerprint density at radius 2 is 1.46 bits per heavy atom. The number of ether oxygens (including phenoxy) is 3. The standard InChI is InChI=1S/C17H37NO7Si/c1-6-22-17(19)18(12-13-21-15-14-20-5)11-10-16-26(23-7-2,24-8-3)25-9-4/h6-16H2,1-5H3. The topological polar surface area (TPSA) is 75.7 Å². The highest BCUT2D eigenvalue weighted by Crippen LogP contribution is 2.18. The van der Waals surface area contributed by atoms with E-state index in [9.17, 15) is 4.79 Å². The van der Waals surface area contributed by atoms with Gasteiger partial charge in [-0.3, -0.25) is 0 Å². The van der Waals surface area contributed by atoms with Gasteiger partial charge >= 0.3 is 14.9 Å². The Hall–Kier alpha value is -0.713. The van der Waals surface area contributed by atoms with E-state index in [0.29, 0.717) is 71.8 Å². The lowest BCUT2D eigenvalue weighted by atomic mass is 10.4. The van der Waals surface area contributed by atoms with Crippen LogP contribution in [0, 0.1) is 0 Å². The van der Waals surface area contributed by atoms with E-state index in [2.05, 4.69) is 0 Å². The molecule has 0 saturated carbocycles. The molecule has 8 nitrogen and oxygen atoms in total. The van der Waals surface area contributed by atoms with Crippen molar-refractivity contribution in [2.24, 2.45) is 0 Å². The molecular formula is C17H37NO7Si. The van der Waals surface area contributed by atoms with Gasteiger partial charge in [0.15, 0.2) is 0 Å². The minimum atomic E-state index is -2.69. The second kappa shape index (κ2) is 16.5. The first-order valence-electron chi connectivity index (χ1n) is 9.49. The Kier molecular flexibility index (Phi) is 16.0. The summed E-state index contributed by atoms with van der Waals surface area (Å²) in [6.45, 7) is 12.0. The Balaban J connectivity index is 4.59. The summed E-state index contributed by atoms with van der Waals surface area (Å²) in [5, 5.41) is 0. The number of methoxy groups -OCH3 is 1. The molecule has 0 aliphatic rings. The van der Waals surface area contributed by atoms with E-state index in [0.717, 1.165) is 0 Å². The second-order valence-electron chi connectivity index (χ2n) is 5.38. The van der Waals surface area contributed by atoms with Crippen LogP contribution in [0.15, 0.2) is 0 Å². The Bertz CT molecular complexity index is 330. The first-order valence-corrected chi connectivity index (χ1v) is 11.4. The summed E-state index contributed by atoms with van der Waals surface area (Å²) in [5.74, 6) is 0. The van der Waals surface area contributed by atoms with Crippen molar-refractivity contribution in [1.82, 2.24) is 4.90 Å². The van der Waals surface area contributed by atoms with Gasteiger partial charge in [-0.2, -0.15) is 0 Å². The van der Waals surface area contributed by atoms with E-state index in [4.69, 9.17) is 27.5 Å². The third-order valence-corrected chi connectivity index (χ3v) is 6.62. The molecule has 0 heterocycles. The maximum atomic E-state index is 12.1. The third-order valence-electron chi connectivity index (χ3n) is 3.47. The molecule has 1 amide bonds. The Morgan fingerprint density at radius 1 is 0.846 bits per heavy atom. The van der Waals surface area contributed by atoms with E-state index in [1.54, 1.807) is 18.9 Å². The molecule has 0 spiro atoms. The smallest absolute Gasteiger partial charge is 0.450 e. The summed E-state index contributed by atoms with van der Waals surface area (Å²) in [6.07, 6.45) is 0.377. The molecule has 0 radical (unpaired) electrons. The molecular weight excluding hydrogens is 358 g/mol. The largest absolute Gasteiger partial charge is 0.500 e. The predicted molar refractivity (Wildman–Crippen MR) is 101 cm³/mol. The normalized spacial score (nSPS) is 11.6. The van der Waals surface area contributed by atoms with Crippen LogP contribution in [0.3, 0.4) is 0 Å². The van der Waals surface area contributed by atoms with Crippen LogP contribution in [-0.2, 0) is 27.5 Å². The van der Waals surface area contributed by atoms with Gasteiger partial charge in [0.05, 0.1) is 26.4 Å². The molecule has 0 unspecified atom stereocenters. The average molecular weight is 396 g/mol. The molecule has 0 aromatic carbocycles. The lowest BCUT2D eigenvalue weighted by Crippen LogP contribution is -2.46. The quantitative estimate of drug-likeness (QED) is 0.277. The molecule has 0 atom stereocenters. The van der Waals surface area contributed by atoms with Crippen LogP contribution in [0.4, 0.5) is 4.79 Å². The summed E-state index contributed by atoms with van der Waals surface area (Å²) in [4.78, 5) is 13.8. The molecule has 0 aliphatic heterocycles. The summed E-state index contributed by atoms with van der Waals surface area (Å²) >= 11 is 0. The van der Waals surface area contributed by atoms with Crippen LogP contribution >= 0.6 is 0 Å². The summed E-state index contributed by atoms with van der Waals surface area (Å²) in [7, 11) is -1.07. The van der Waals surface area contributed by atoms with Crippen molar-refractivity contribution in [2.75, 3.05) is 66.4 Å². The summed E-state index contributed by atoms with van der Waals surface area (Å²) in [5.41, 5.74) is 0. The first kappa shape index (κ1) is 25.3. The monoisotopic (exact) mass is 395 g/mol. The molecule has 0 N–H and O–H groups in total. The second-order valence-corrected chi connectivity index (χ2v) is 8.11. The van der Waals surface area contributed by atoms with Crippen molar-refractivity contribution in [2.45, 2.75) is 40.2 Å². The number of nitrogens with zero attached hydrogens (tertiary/aromatic N) is 1. The van der Waals surface area contributed by atoms with Crippen molar-refractivity contribution in [3.63, 3.8) is 0 Å². The highest BCUT2D eigenvalue weighted by molar-refractivity contribution is 6.60. The first-order chi connectivity index (χ1) is 12.6. The molecule has 0 bridgehead atoms. The van der Waals surface area contributed by atoms with Gasteiger partial charge < -0.3 is 32.4 Å². The summed E-state index contributed by atoms with van der Waals surface area (Å²) < 4.78 is 33.1. The molecule has 0 aromatic heterocycles. The van der Waals surface area contributed by atoms with E-state index < -0.39 is 8.80 Å². The highest BCUT2D eigenvalue weighted by atomic mass is 28.4. The van der Waals surface area contributed by atoms with Crippen molar-refractivity contribution in [3.05, 3.63) is 0 Å². The van der Waals surface area contributed by atoms with Gasteiger partial charge in [-0.15, -0.1) is 0 Å². The van der Waals surface area contributed by atoms with Gasteiger partial charge in [0.25, 0.3) is 0 Å². The van der Waals surface area contributed by atoms with Crippen LogP contribution in [0.1, 0.15) is 34.1 Å². The van der Waals surface area contributed by atoms with Crippen LogP contribution < -0.4 is 0 Å². The SMILES string of the molecule is CCOC(=O)N(CCC[Si](OCC)(OCC)OCC)CCOCCOC. The number of rotatable bonds is 17. The van der Waals surface area contributed by atoms with Crippen LogP contribution in [0.2, 0.25) is 6.04 Å². The maximum absolute atomic E-state index is 12.1. The number of carbonyl (C=O) groups excluding carboxylic acids is 1. The van der Waals surface area contributed by atoms with E-state index in [1.165, 1.54) is 0 Å². The minimum absolute atomic E-state index is 0.334. The van der Waals surface area contributed by atoms with Crippen molar-refractivity contribution >= 4 is 14.9 Å². The maximum Gasteiger partial charge on any atom is 0.500 e. The molecule has 0 fully saturated rings. The highest BCUT2D eigenvalue weighted by Gasteiger charge is 2.39. The zero-order valence-corrected chi connectivity index (χ0v) is 18.1. The summed E-state index contributed by atoms with van der Waals surface area (Å²) in [6, 6.07) is 0.656. The van der Waals surface area contributed by atoms with Gasteiger partial charge in [0, 0.05) is 46.1 Å². The molecule has 9 heteroatoms. The van der Waals surface area contributed by atoms with Crippen LogP contribution in [0.5, 0.6) is 0 Å². The van der Waals surface area contributed by atoms with E-state index in [-0.39, 0.29) is 6.09 Å². The molecule has 0 aliphatic carbocycles. The van der Waals surface area contributed by atoms with Crippen LogP contribution in [0.25, 0.3) is 0 Å². The fourth-order valence-corrected chi connectivity index (χ4v) is 5.01. The van der Waals surface area contributed by atoms with Crippen molar-refractivity contribution in [1.29, 1.82) is 0 Å². The Labute approximate surface area is 159 Å². The van der Waals surface area contributed by atoms with Gasteiger partial charge in [0.1, 0.15) is 0 Å². The van der Waals surface area contributed by atoms with E-state index >= 15 is 0 Å². The molecule has 26 heavy (non-hydrogen) atoms. The fourth-order valence-electron chi connectivity index (χ4n) is 2.42. The van der Waals surface area contributed by atoms with Gasteiger partial charge in [-0.05, 0) is 34.1 Å².